The molecule has 0 bridgehead atoms. The number of aliphatic hydroxyl groups excluding tert-OH is 1. The van der Waals surface area contributed by atoms with Crippen molar-refractivity contribution in [3.8, 4) is 5.75 Å². The first-order valence-corrected chi connectivity index (χ1v) is 8.38. The summed E-state index contributed by atoms with van der Waals surface area (Å²) in [5, 5.41) is 14.1. The van der Waals surface area contributed by atoms with Gasteiger partial charge in [-0.05, 0) is 48.9 Å². The number of aryl methyl sites for hydroxylation is 1. The van der Waals surface area contributed by atoms with Gasteiger partial charge in [-0.3, -0.25) is 0 Å². The molecule has 0 saturated carbocycles. The van der Waals surface area contributed by atoms with E-state index < -0.39 is 6.10 Å². The minimum Gasteiger partial charge on any atom is -0.497 e. The summed E-state index contributed by atoms with van der Waals surface area (Å²) in [5.41, 5.74) is 2.33. The molecule has 0 radical (unpaired) electrons. The SMILES string of the molecule is COc1ccc(CCC2CCC(C(O)c3ccccc3)N2)cc1. The van der Waals surface area contributed by atoms with Gasteiger partial charge in [0.2, 0.25) is 0 Å². The van der Waals surface area contributed by atoms with Crippen LogP contribution < -0.4 is 10.1 Å². The smallest absolute Gasteiger partial charge is 0.118 e. The molecule has 23 heavy (non-hydrogen) atoms. The summed E-state index contributed by atoms with van der Waals surface area (Å²) in [4.78, 5) is 0. The van der Waals surface area contributed by atoms with E-state index in [0.717, 1.165) is 37.0 Å². The summed E-state index contributed by atoms with van der Waals surface area (Å²) < 4.78 is 5.19. The topological polar surface area (TPSA) is 41.5 Å². The third-order valence-corrected chi connectivity index (χ3v) is 4.74. The van der Waals surface area contributed by atoms with Crippen LogP contribution in [-0.2, 0) is 6.42 Å². The first-order valence-electron chi connectivity index (χ1n) is 8.38. The molecular formula is C20H25NO2. The Kier molecular flexibility index (Phi) is 5.31. The molecule has 3 heteroatoms. The van der Waals surface area contributed by atoms with Gasteiger partial charge in [-0.1, -0.05) is 42.5 Å². The predicted octanol–water partition coefficient (Wildman–Crippen LogP) is 3.48. The second kappa shape index (κ2) is 7.62. The second-order valence-corrected chi connectivity index (χ2v) is 6.29. The number of methoxy groups -OCH3 is 1. The lowest BCUT2D eigenvalue weighted by Crippen LogP contribution is -2.34. The van der Waals surface area contributed by atoms with Gasteiger partial charge in [0.1, 0.15) is 5.75 Å². The van der Waals surface area contributed by atoms with Gasteiger partial charge in [-0.2, -0.15) is 0 Å². The first kappa shape index (κ1) is 16.0. The maximum atomic E-state index is 10.5. The van der Waals surface area contributed by atoms with Gasteiger partial charge in [-0.25, -0.2) is 0 Å². The zero-order valence-electron chi connectivity index (χ0n) is 13.6. The molecule has 3 unspecified atom stereocenters. The Morgan fingerprint density at radius 1 is 1.09 bits per heavy atom. The normalized spacial score (nSPS) is 22.0. The molecule has 0 spiro atoms. The quantitative estimate of drug-likeness (QED) is 0.858. The average Bonchev–Trinajstić information content (AvgIpc) is 3.09. The van der Waals surface area contributed by atoms with E-state index in [9.17, 15) is 5.11 Å². The Bertz CT molecular complexity index is 597. The minimum atomic E-state index is -0.415. The Balaban J connectivity index is 1.49. The zero-order valence-corrected chi connectivity index (χ0v) is 13.6. The van der Waals surface area contributed by atoms with E-state index in [0.29, 0.717) is 6.04 Å². The summed E-state index contributed by atoms with van der Waals surface area (Å²) in [6, 6.07) is 18.9. The van der Waals surface area contributed by atoms with Crippen molar-refractivity contribution >= 4 is 0 Å². The highest BCUT2D eigenvalue weighted by molar-refractivity contribution is 5.27. The van der Waals surface area contributed by atoms with Crippen molar-refractivity contribution in [3.05, 3.63) is 65.7 Å². The van der Waals surface area contributed by atoms with Crippen LogP contribution in [0.1, 0.15) is 36.5 Å². The van der Waals surface area contributed by atoms with Crippen LogP contribution in [0.3, 0.4) is 0 Å². The first-order chi connectivity index (χ1) is 11.3. The third kappa shape index (κ3) is 4.12. The lowest BCUT2D eigenvalue weighted by atomic mass is 10.0. The van der Waals surface area contributed by atoms with Gasteiger partial charge >= 0.3 is 0 Å². The molecule has 3 nitrogen and oxygen atoms in total. The number of nitrogens with one attached hydrogen (secondary N) is 1. The monoisotopic (exact) mass is 311 g/mol. The lowest BCUT2D eigenvalue weighted by molar-refractivity contribution is 0.135. The molecule has 1 aliphatic rings. The zero-order chi connectivity index (χ0) is 16.1. The molecule has 1 fully saturated rings. The fourth-order valence-electron chi connectivity index (χ4n) is 3.34. The van der Waals surface area contributed by atoms with Crippen LogP contribution in [0.25, 0.3) is 0 Å². The minimum absolute atomic E-state index is 0.165. The van der Waals surface area contributed by atoms with E-state index in [2.05, 4.69) is 17.4 Å². The maximum Gasteiger partial charge on any atom is 0.118 e. The number of ether oxygens (including phenoxy) is 1. The molecule has 1 heterocycles. The van der Waals surface area contributed by atoms with Gasteiger partial charge in [-0.15, -0.1) is 0 Å². The Hall–Kier alpha value is -1.84. The van der Waals surface area contributed by atoms with E-state index in [1.165, 1.54) is 5.56 Å². The van der Waals surface area contributed by atoms with Crippen LogP contribution in [0.5, 0.6) is 5.75 Å². The third-order valence-electron chi connectivity index (χ3n) is 4.74. The summed E-state index contributed by atoms with van der Waals surface area (Å²) in [6.45, 7) is 0. The van der Waals surface area contributed by atoms with E-state index in [1.54, 1.807) is 7.11 Å². The van der Waals surface area contributed by atoms with Gasteiger partial charge in [0.05, 0.1) is 13.2 Å². The summed E-state index contributed by atoms with van der Waals surface area (Å²) in [5.74, 6) is 0.902. The fourth-order valence-corrected chi connectivity index (χ4v) is 3.34. The molecule has 0 aromatic heterocycles. The standard InChI is InChI=1S/C20H25NO2/c1-23-18-12-8-15(9-13-18)7-10-17-11-14-19(21-17)20(22)16-5-3-2-4-6-16/h2-6,8-9,12-13,17,19-22H,7,10-11,14H2,1H3. The predicted molar refractivity (Wildman–Crippen MR) is 92.7 cm³/mol. The number of rotatable bonds is 6. The molecule has 122 valence electrons. The van der Waals surface area contributed by atoms with Crippen molar-refractivity contribution < 1.29 is 9.84 Å². The van der Waals surface area contributed by atoms with E-state index in [4.69, 9.17) is 4.74 Å². The highest BCUT2D eigenvalue weighted by atomic mass is 16.5. The molecule has 1 aliphatic heterocycles. The lowest BCUT2D eigenvalue weighted by Gasteiger charge is -2.20. The van der Waals surface area contributed by atoms with Crippen LogP contribution >= 0.6 is 0 Å². The summed E-state index contributed by atoms with van der Waals surface area (Å²) in [7, 11) is 1.69. The van der Waals surface area contributed by atoms with Crippen molar-refractivity contribution in [1.82, 2.24) is 5.32 Å². The van der Waals surface area contributed by atoms with Crippen LogP contribution in [0.4, 0.5) is 0 Å². The van der Waals surface area contributed by atoms with Gasteiger partial charge in [0.25, 0.3) is 0 Å². The average molecular weight is 311 g/mol. The van der Waals surface area contributed by atoms with Crippen molar-refractivity contribution in [1.29, 1.82) is 0 Å². The maximum absolute atomic E-state index is 10.5. The molecule has 2 aromatic carbocycles. The molecule has 2 N–H and O–H groups in total. The fraction of sp³-hybridized carbons (Fsp3) is 0.400. The van der Waals surface area contributed by atoms with Crippen LogP contribution in [0.15, 0.2) is 54.6 Å². The number of hydrogen-bond donors (Lipinski definition) is 2. The Labute approximate surface area is 138 Å². The van der Waals surface area contributed by atoms with Crippen LogP contribution in [-0.4, -0.2) is 24.3 Å². The summed E-state index contributed by atoms with van der Waals surface area (Å²) in [6.07, 6.45) is 3.90. The summed E-state index contributed by atoms with van der Waals surface area (Å²) >= 11 is 0. The van der Waals surface area contributed by atoms with Gasteiger partial charge in [0, 0.05) is 12.1 Å². The van der Waals surface area contributed by atoms with Gasteiger partial charge < -0.3 is 15.2 Å². The Morgan fingerprint density at radius 2 is 1.83 bits per heavy atom. The van der Waals surface area contributed by atoms with Gasteiger partial charge in [0.15, 0.2) is 0 Å². The molecule has 0 amide bonds. The van der Waals surface area contributed by atoms with Crippen LogP contribution in [0.2, 0.25) is 0 Å². The molecule has 2 aromatic rings. The number of hydrogen-bond acceptors (Lipinski definition) is 3. The van der Waals surface area contributed by atoms with Crippen molar-refractivity contribution in [2.45, 2.75) is 43.9 Å². The Morgan fingerprint density at radius 3 is 2.52 bits per heavy atom. The highest BCUT2D eigenvalue weighted by Crippen LogP contribution is 2.27. The van der Waals surface area contributed by atoms with Crippen molar-refractivity contribution in [2.75, 3.05) is 7.11 Å². The van der Waals surface area contributed by atoms with Crippen LogP contribution in [0, 0.1) is 0 Å². The second-order valence-electron chi connectivity index (χ2n) is 6.29. The number of aliphatic hydroxyl groups is 1. The van der Waals surface area contributed by atoms with E-state index >= 15 is 0 Å². The largest absolute Gasteiger partial charge is 0.497 e. The molecule has 1 saturated heterocycles. The van der Waals surface area contributed by atoms with Crippen molar-refractivity contribution in [3.63, 3.8) is 0 Å². The molecule has 3 atom stereocenters. The van der Waals surface area contributed by atoms with Crippen molar-refractivity contribution in [2.24, 2.45) is 0 Å². The van der Waals surface area contributed by atoms with E-state index in [1.807, 2.05) is 42.5 Å². The molecule has 0 aliphatic carbocycles. The molecular weight excluding hydrogens is 286 g/mol. The number of benzene rings is 2. The molecule has 3 rings (SSSR count). The highest BCUT2D eigenvalue weighted by Gasteiger charge is 2.29. The van der Waals surface area contributed by atoms with E-state index in [-0.39, 0.29) is 6.04 Å².